The van der Waals surface area contributed by atoms with E-state index >= 15 is 0 Å². The van der Waals surface area contributed by atoms with Crippen LogP contribution in [-0.2, 0) is 6.42 Å². The Kier molecular flexibility index (Phi) is 4.51. The summed E-state index contributed by atoms with van der Waals surface area (Å²) in [5.41, 5.74) is 6.25. The molecule has 0 radical (unpaired) electrons. The van der Waals surface area contributed by atoms with E-state index < -0.39 is 18.6 Å². The van der Waals surface area contributed by atoms with E-state index in [9.17, 15) is 18.0 Å². The molecule has 0 atom stereocenters. The van der Waals surface area contributed by atoms with Crippen LogP contribution >= 0.6 is 0 Å². The Morgan fingerprint density at radius 1 is 1.29 bits per heavy atom. The number of carbonyl (C=O) groups is 1. The van der Waals surface area contributed by atoms with Crippen LogP contribution in [-0.4, -0.2) is 25.2 Å². The number of alkyl halides is 3. The van der Waals surface area contributed by atoms with Gasteiger partial charge in [-0.2, -0.15) is 13.2 Å². The predicted octanol–water partition coefficient (Wildman–Crippen LogP) is 1.48. The highest BCUT2D eigenvalue weighted by molar-refractivity contribution is 5.95. The zero-order chi connectivity index (χ0) is 12.9. The molecule has 0 aliphatic heterocycles. The van der Waals surface area contributed by atoms with Gasteiger partial charge in [-0.25, -0.2) is 0 Å². The van der Waals surface area contributed by atoms with Gasteiger partial charge in [0.1, 0.15) is 6.54 Å². The normalized spacial score (nSPS) is 11.3. The van der Waals surface area contributed by atoms with Crippen molar-refractivity contribution in [3.8, 4) is 0 Å². The third-order valence-corrected chi connectivity index (χ3v) is 2.13. The quantitative estimate of drug-likeness (QED) is 0.845. The lowest BCUT2D eigenvalue weighted by molar-refractivity contribution is -0.123. The minimum absolute atomic E-state index is 0.238. The van der Waals surface area contributed by atoms with Crippen molar-refractivity contribution in [3.63, 3.8) is 0 Å². The molecular weight excluding hydrogens is 233 g/mol. The average Bonchev–Trinajstić information content (AvgIpc) is 2.26. The number of carbonyl (C=O) groups excluding carboxylic acids is 1. The second-order valence-corrected chi connectivity index (χ2v) is 3.49. The number of nitrogens with two attached hydrogens (primary N) is 1. The fraction of sp³-hybridized carbons (Fsp3) is 0.364. The first-order valence-electron chi connectivity index (χ1n) is 5.07. The lowest BCUT2D eigenvalue weighted by Crippen LogP contribution is -2.34. The van der Waals surface area contributed by atoms with Gasteiger partial charge in [0.2, 0.25) is 0 Å². The zero-order valence-electron chi connectivity index (χ0n) is 9.05. The summed E-state index contributed by atoms with van der Waals surface area (Å²) in [4.78, 5) is 11.5. The minimum atomic E-state index is -4.40. The monoisotopic (exact) mass is 246 g/mol. The second kappa shape index (κ2) is 5.67. The van der Waals surface area contributed by atoms with Crippen LogP contribution in [0.25, 0.3) is 0 Å². The molecule has 3 N–H and O–H groups in total. The molecule has 17 heavy (non-hydrogen) atoms. The highest BCUT2D eigenvalue weighted by Crippen LogP contribution is 2.14. The van der Waals surface area contributed by atoms with Crippen molar-refractivity contribution < 1.29 is 18.0 Å². The van der Waals surface area contributed by atoms with Crippen LogP contribution in [0, 0.1) is 0 Å². The molecule has 1 rings (SSSR count). The summed E-state index contributed by atoms with van der Waals surface area (Å²) in [5, 5.41) is 1.83. The number of amides is 1. The summed E-state index contributed by atoms with van der Waals surface area (Å²) in [6, 6.07) is 6.47. The van der Waals surface area contributed by atoms with Crippen molar-refractivity contribution in [2.45, 2.75) is 12.6 Å². The van der Waals surface area contributed by atoms with Crippen molar-refractivity contribution in [2.24, 2.45) is 5.73 Å². The maximum absolute atomic E-state index is 11.9. The molecule has 1 amide bonds. The van der Waals surface area contributed by atoms with Crippen molar-refractivity contribution >= 4 is 5.91 Å². The fourth-order valence-corrected chi connectivity index (χ4v) is 1.39. The largest absolute Gasteiger partial charge is 0.405 e. The summed E-state index contributed by atoms with van der Waals surface area (Å²) in [6.07, 6.45) is -3.95. The highest BCUT2D eigenvalue weighted by atomic mass is 19.4. The molecule has 0 saturated carbocycles. The van der Waals surface area contributed by atoms with Gasteiger partial charge >= 0.3 is 6.18 Å². The van der Waals surface area contributed by atoms with Crippen LogP contribution in [0.15, 0.2) is 24.3 Å². The molecule has 0 aliphatic carbocycles. The van der Waals surface area contributed by atoms with Gasteiger partial charge in [-0.3, -0.25) is 4.79 Å². The number of nitrogens with one attached hydrogen (secondary N) is 1. The first kappa shape index (κ1) is 13.5. The van der Waals surface area contributed by atoms with Crippen LogP contribution in [0.1, 0.15) is 15.9 Å². The Morgan fingerprint density at radius 3 is 2.53 bits per heavy atom. The molecule has 0 fully saturated rings. The van der Waals surface area contributed by atoms with Crippen LogP contribution in [0.3, 0.4) is 0 Å². The van der Waals surface area contributed by atoms with Crippen LogP contribution < -0.4 is 11.1 Å². The first-order chi connectivity index (χ1) is 7.94. The topological polar surface area (TPSA) is 55.1 Å². The Bertz CT molecular complexity index is 391. The molecule has 0 aliphatic rings. The van der Waals surface area contributed by atoms with Gasteiger partial charge in [-0.05, 0) is 24.6 Å². The van der Waals surface area contributed by atoms with Gasteiger partial charge in [-0.15, -0.1) is 0 Å². The maximum Gasteiger partial charge on any atom is 0.405 e. The zero-order valence-corrected chi connectivity index (χ0v) is 9.05. The molecular formula is C11H13F3N2O. The average molecular weight is 246 g/mol. The van der Waals surface area contributed by atoms with E-state index in [1.54, 1.807) is 18.2 Å². The van der Waals surface area contributed by atoms with Gasteiger partial charge in [0.05, 0.1) is 0 Å². The Morgan fingerprint density at radius 2 is 1.94 bits per heavy atom. The minimum Gasteiger partial charge on any atom is -0.343 e. The van der Waals surface area contributed by atoms with E-state index in [1.165, 1.54) is 6.07 Å². The number of hydrogen-bond acceptors (Lipinski definition) is 2. The summed E-state index contributed by atoms with van der Waals surface area (Å²) in [7, 11) is 0. The van der Waals surface area contributed by atoms with Crippen molar-refractivity contribution in [3.05, 3.63) is 35.4 Å². The Balaban J connectivity index is 2.74. The molecule has 0 saturated heterocycles. The summed E-state index contributed by atoms with van der Waals surface area (Å²) < 4.78 is 35.8. The van der Waals surface area contributed by atoms with Crippen molar-refractivity contribution in [2.75, 3.05) is 13.1 Å². The third-order valence-electron chi connectivity index (χ3n) is 2.13. The SMILES string of the molecule is NCCc1ccccc1C(=O)NCC(F)(F)F. The number of benzene rings is 1. The van der Waals surface area contributed by atoms with Gasteiger partial charge in [0.25, 0.3) is 5.91 Å². The van der Waals surface area contributed by atoms with Crippen molar-refractivity contribution in [1.29, 1.82) is 0 Å². The number of halogens is 3. The third kappa shape index (κ3) is 4.44. The van der Waals surface area contributed by atoms with Gasteiger partial charge in [0.15, 0.2) is 0 Å². The number of rotatable bonds is 4. The van der Waals surface area contributed by atoms with E-state index in [4.69, 9.17) is 5.73 Å². The summed E-state index contributed by atoms with van der Waals surface area (Å²) >= 11 is 0. The van der Waals surface area contributed by atoms with E-state index in [0.29, 0.717) is 18.5 Å². The van der Waals surface area contributed by atoms with E-state index in [0.717, 1.165) is 0 Å². The molecule has 3 nitrogen and oxygen atoms in total. The molecule has 94 valence electrons. The lowest BCUT2D eigenvalue weighted by Gasteiger charge is -2.11. The van der Waals surface area contributed by atoms with Crippen LogP contribution in [0.4, 0.5) is 13.2 Å². The summed E-state index contributed by atoms with van der Waals surface area (Å²) in [6.45, 7) is -0.994. The van der Waals surface area contributed by atoms with Crippen LogP contribution in [0.5, 0.6) is 0 Å². The molecule has 0 heterocycles. The van der Waals surface area contributed by atoms with Crippen molar-refractivity contribution in [1.82, 2.24) is 5.32 Å². The molecule has 1 aromatic rings. The molecule has 0 unspecified atom stereocenters. The Hall–Kier alpha value is -1.56. The number of hydrogen-bond donors (Lipinski definition) is 2. The van der Waals surface area contributed by atoms with Gasteiger partial charge in [0, 0.05) is 5.56 Å². The fourth-order valence-electron chi connectivity index (χ4n) is 1.39. The summed E-state index contributed by atoms with van der Waals surface area (Å²) in [5.74, 6) is -0.730. The maximum atomic E-state index is 11.9. The predicted molar refractivity (Wildman–Crippen MR) is 57.6 cm³/mol. The van der Waals surface area contributed by atoms with Crippen LogP contribution in [0.2, 0.25) is 0 Å². The van der Waals surface area contributed by atoms with E-state index in [2.05, 4.69) is 0 Å². The van der Waals surface area contributed by atoms with Gasteiger partial charge < -0.3 is 11.1 Å². The first-order valence-corrected chi connectivity index (χ1v) is 5.07. The Labute approximate surface area is 96.8 Å². The molecule has 0 aromatic heterocycles. The van der Waals surface area contributed by atoms with Gasteiger partial charge in [-0.1, -0.05) is 18.2 Å². The molecule has 1 aromatic carbocycles. The lowest BCUT2D eigenvalue weighted by atomic mass is 10.0. The molecule has 0 spiro atoms. The van der Waals surface area contributed by atoms with E-state index in [1.807, 2.05) is 5.32 Å². The molecule has 6 heteroatoms. The smallest absolute Gasteiger partial charge is 0.343 e. The highest BCUT2D eigenvalue weighted by Gasteiger charge is 2.28. The second-order valence-electron chi connectivity index (χ2n) is 3.49. The standard InChI is InChI=1S/C11H13F3N2O/c12-11(13,14)7-16-10(17)9-4-2-1-3-8(9)5-6-15/h1-4H,5-7,15H2,(H,16,17). The molecule has 0 bridgehead atoms. The van der Waals surface area contributed by atoms with E-state index in [-0.39, 0.29) is 5.56 Å².